The van der Waals surface area contributed by atoms with Gasteiger partial charge in [0.25, 0.3) is 0 Å². The zero-order valence-electron chi connectivity index (χ0n) is 22.2. The van der Waals surface area contributed by atoms with Crippen molar-refractivity contribution in [2.24, 2.45) is 0 Å². The summed E-state index contributed by atoms with van der Waals surface area (Å²) >= 11 is 4.42. The zero-order chi connectivity index (χ0) is 27.2. The lowest BCUT2D eigenvalue weighted by atomic mass is 9.98. The minimum Gasteiger partial charge on any atom is -0.478 e. The number of hydrogen-bond acceptors (Lipinski definition) is 4. The maximum Gasteiger partial charge on any atom is 0.336 e. The Kier molecular flexibility index (Phi) is 8.89. The molecule has 1 heterocycles. The molecule has 3 aromatic carbocycles. The molecule has 0 fully saturated rings. The number of nitrogens with zero attached hydrogens (tertiary/aromatic N) is 2. The number of carbonyl (C=O) groups is 2. The highest BCUT2D eigenvalue weighted by molar-refractivity contribution is 7.81. The molecule has 4 aromatic rings. The van der Waals surface area contributed by atoms with Crippen LogP contribution in [0.5, 0.6) is 0 Å². The van der Waals surface area contributed by atoms with Crippen LogP contribution in [0.3, 0.4) is 0 Å². The molecule has 0 bridgehead atoms. The summed E-state index contributed by atoms with van der Waals surface area (Å²) in [6.45, 7) is 7.36. The summed E-state index contributed by atoms with van der Waals surface area (Å²) in [6, 6.07) is 19.3. The number of carboxylic acids is 1. The van der Waals surface area contributed by atoms with Crippen LogP contribution < -0.4 is 5.32 Å². The number of imidazole rings is 1. The molecule has 4 rings (SSSR count). The molecular weight excluding hydrogens is 494 g/mol. The van der Waals surface area contributed by atoms with E-state index < -0.39 is 5.97 Å². The third-order valence-electron chi connectivity index (χ3n) is 6.75. The quantitative estimate of drug-likeness (QED) is 0.196. The van der Waals surface area contributed by atoms with Gasteiger partial charge in [-0.1, -0.05) is 68.8 Å². The number of benzene rings is 3. The maximum atomic E-state index is 12.4. The second-order valence-electron chi connectivity index (χ2n) is 9.71. The summed E-state index contributed by atoms with van der Waals surface area (Å²) in [7, 11) is 0. The van der Waals surface area contributed by atoms with Gasteiger partial charge >= 0.3 is 5.97 Å². The van der Waals surface area contributed by atoms with Crippen molar-refractivity contribution >= 4 is 35.5 Å². The number of aromatic nitrogens is 2. The Morgan fingerprint density at radius 1 is 1.03 bits per heavy atom. The van der Waals surface area contributed by atoms with Crippen molar-refractivity contribution in [2.45, 2.75) is 64.8 Å². The van der Waals surface area contributed by atoms with Gasteiger partial charge in [0.1, 0.15) is 5.82 Å². The van der Waals surface area contributed by atoms with Gasteiger partial charge in [-0.3, -0.25) is 4.79 Å². The molecule has 0 saturated carbocycles. The fourth-order valence-electron chi connectivity index (χ4n) is 4.81. The van der Waals surface area contributed by atoms with Gasteiger partial charge in [0, 0.05) is 19.5 Å². The van der Waals surface area contributed by atoms with Gasteiger partial charge in [0.2, 0.25) is 5.91 Å². The van der Waals surface area contributed by atoms with Gasteiger partial charge in [-0.05, 0) is 59.7 Å². The minimum atomic E-state index is -0.934. The minimum absolute atomic E-state index is 0.0438. The fraction of sp³-hybridized carbons (Fsp3) is 0.323. The van der Waals surface area contributed by atoms with Gasteiger partial charge in [-0.25, -0.2) is 9.78 Å². The Balaban J connectivity index is 1.63. The van der Waals surface area contributed by atoms with Gasteiger partial charge in [-0.15, -0.1) is 0 Å². The number of nitrogens with one attached hydrogen (secondary N) is 1. The average molecular weight is 530 g/mol. The molecule has 0 aliphatic heterocycles. The summed E-state index contributed by atoms with van der Waals surface area (Å²) < 4.78 is 2.26. The summed E-state index contributed by atoms with van der Waals surface area (Å²) in [5, 5.41) is 12.3. The predicted octanol–water partition coefficient (Wildman–Crippen LogP) is 6.43. The molecule has 38 heavy (non-hydrogen) atoms. The van der Waals surface area contributed by atoms with Crippen molar-refractivity contribution in [1.82, 2.24) is 14.9 Å². The Labute approximate surface area is 229 Å². The molecule has 1 aromatic heterocycles. The molecule has 1 amide bonds. The number of carboxylic acid groups (broad SMARTS) is 1. The van der Waals surface area contributed by atoms with Crippen molar-refractivity contribution in [1.29, 1.82) is 0 Å². The van der Waals surface area contributed by atoms with Crippen molar-refractivity contribution in [3.8, 4) is 11.1 Å². The Morgan fingerprint density at radius 2 is 1.76 bits per heavy atom. The summed E-state index contributed by atoms with van der Waals surface area (Å²) in [4.78, 5) is 29.0. The molecule has 2 N–H and O–H groups in total. The van der Waals surface area contributed by atoms with Crippen LogP contribution in [0.1, 0.15) is 66.0 Å². The molecular formula is C31H35N3O3S. The molecule has 198 valence electrons. The van der Waals surface area contributed by atoms with Gasteiger partial charge in [0.05, 0.1) is 21.8 Å². The Morgan fingerprint density at radius 3 is 2.45 bits per heavy atom. The number of amides is 1. The van der Waals surface area contributed by atoms with Gasteiger partial charge < -0.3 is 15.0 Å². The highest BCUT2D eigenvalue weighted by Gasteiger charge is 2.16. The van der Waals surface area contributed by atoms with Crippen molar-refractivity contribution in [2.75, 3.05) is 0 Å². The topological polar surface area (TPSA) is 84.2 Å². The van der Waals surface area contributed by atoms with E-state index in [0.29, 0.717) is 24.2 Å². The number of aromatic carboxylic acids is 1. The second kappa shape index (κ2) is 12.3. The SMILES string of the molecule is CCCc1nc2c(C)cc(CNC(=O)[C@H](S)CCC)cc2n1Cc1ccc(-c2ccccc2C(=O)O)cc1. The van der Waals surface area contributed by atoms with Crippen LogP contribution in [-0.2, 0) is 24.3 Å². The van der Waals surface area contributed by atoms with Gasteiger partial charge in [-0.2, -0.15) is 12.6 Å². The van der Waals surface area contributed by atoms with Gasteiger partial charge in [0.15, 0.2) is 0 Å². The van der Waals surface area contributed by atoms with E-state index in [9.17, 15) is 14.7 Å². The summed E-state index contributed by atoms with van der Waals surface area (Å²) in [5.74, 6) is 0.0551. The summed E-state index contributed by atoms with van der Waals surface area (Å²) in [5.41, 5.74) is 7.12. The number of rotatable bonds is 11. The van der Waals surface area contributed by atoms with Crippen molar-refractivity contribution in [3.05, 3.63) is 88.7 Å². The first-order valence-electron chi connectivity index (χ1n) is 13.2. The average Bonchev–Trinajstić information content (AvgIpc) is 3.25. The summed E-state index contributed by atoms with van der Waals surface area (Å²) in [6.07, 6.45) is 3.51. The largest absolute Gasteiger partial charge is 0.478 e. The van der Waals surface area contributed by atoms with Crippen LogP contribution in [0, 0.1) is 6.92 Å². The predicted molar refractivity (Wildman–Crippen MR) is 156 cm³/mol. The first-order valence-corrected chi connectivity index (χ1v) is 13.7. The lowest BCUT2D eigenvalue weighted by molar-refractivity contribution is -0.120. The molecule has 0 saturated heterocycles. The van der Waals surface area contributed by atoms with Crippen LogP contribution >= 0.6 is 12.6 Å². The van der Waals surface area contributed by atoms with Crippen LogP contribution in [0.25, 0.3) is 22.2 Å². The zero-order valence-corrected chi connectivity index (χ0v) is 23.1. The van der Waals surface area contributed by atoms with E-state index in [1.165, 1.54) is 0 Å². The van der Waals surface area contributed by atoms with E-state index in [0.717, 1.165) is 64.8 Å². The van der Waals surface area contributed by atoms with E-state index in [-0.39, 0.29) is 11.2 Å². The number of hydrogen-bond donors (Lipinski definition) is 3. The normalized spacial score (nSPS) is 12.0. The van der Waals surface area contributed by atoms with E-state index in [1.54, 1.807) is 12.1 Å². The standard InChI is InChI=1S/C31H35N3O3S/c1-4-8-27(38)30(35)32-18-22-16-20(3)29-26(17-22)34(28(33-29)9-5-2)19-21-12-14-23(15-13-21)24-10-6-7-11-25(24)31(36)37/h6-7,10-17,27,38H,4-5,8-9,18-19H2,1-3H3,(H,32,35)(H,36,37)/t27-/m1/s1. The van der Waals surface area contributed by atoms with Crippen LogP contribution in [0.4, 0.5) is 0 Å². The number of fused-ring (bicyclic) bond motifs is 1. The van der Waals surface area contributed by atoms with Crippen LogP contribution in [0.2, 0.25) is 0 Å². The second-order valence-corrected chi connectivity index (χ2v) is 10.3. The number of aryl methyl sites for hydroxylation is 2. The third kappa shape index (κ3) is 6.10. The fourth-order valence-corrected chi connectivity index (χ4v) is 5.16. The van der Waals surface area contributed by atoms with E-state index in [4.69, 9.17) is 4.98 Å². The third-order valence-corrected chi connectivity index (χ3v) is 7.24. The van der Waals surface area contributed by atoms with Crippen molar-refractivity contribution < 1.29 is 14.7 Å². The first-order chi connectivity index (χ1) is 18.3. The Hall–Kier alpha value is -3.58. The molecule has 1 atom stereocenters. The molecule has 0 aliphatic carbocycles. The lowest BCUT2D eigenvalue weighted by Crippen LogP contribution is -2.30. The molecule has 7 heteroatoms. The first kappa shape index (κ1) is 27.5. The van der Waals surface area contributed by atoms with Crippen LogP contribution in [0.15, 0.2) is 60.7 Å². The highest BCUT2D eigenvalue weighted by Crippen LogP contribution is 2.27. The maximum absolute atomic E-state index is 12.4. The monoisotopic (exact) mass is 529 g/mol. The van der Waals surface area contributed by atoms with Crippen molar-refractivity contribution in [3.63, 3.8) is 0 Å². The van der Waals surface area contributed by atoms with E-state index in [1.807, 2.05) is 43.3 Å². The molecule has 0 aliphatic rings. The molecule has 6 nitrogen and oxygen atoms in total. The molecule has 0 radical (unpaired) electrons. The Bertz CT molecular complexity index is 1440. The number of carbonyl (C=O) groups excluding carboxylic acids is 1. The van der Waals surface area contributed by atoms with Crippen LogP contribution in [-0.4, -0.2) is 31.8 Å². The lowest BCUT2D eigenvalue weighted by Gasteiger charge is -2.13. The molecule has 0 spiro atoms. The van der Waals surface area contributed by atoms with E-state index in [2.05, 4.69) is 48.5 Å². The molecule has 0 unspecified atom stereocenters. The number of thiol groups is 1. The highest BCUT2D eigenvalue weighted by atomic mass is 32.1. The van der Waals surface area contributed by atoms with E-state index >= 15 is 0 Å². The smallest absolute Gasteiger partial charge is 0.336 e.